The van der Waals surface area contributed by atoms with Gasteiger partial charge in [-0.25, -0.2) is 0 Å². The van der Waals surface area contributed by atoms with Crippen molar-refractivity contribution in [1.29, 1.82) is 0 Å². The summed E-state index contributed by atoms with van der Waals surface area (Å²) in [5.74, 6) is 1.37. The highest BCUT2D eigenvalue weighted by Gasteiger charge is 2.20. The Morgan fingerprint density at radius 2 is 2.00 bits per heavy atom. The summed E-state index contributed by atoms with van der Waals surface area (Å²) >= 11 is 7.40. The second-order valence-corrected chi connectivity index (χ2v) is 8.14. The van der Waals surface area contributed by atoms with Gasteiger partial charge in [0.15, 0.2) is 0 Å². The van der Waals surface area contributed by atoms with Crippen LogP contribution in [0.1, 0.15) is 33.5 Å². The van der Waals surface area contributed by atoms with Gasteiger partial charge >= 0.3 is 0 Å². The van der Waals surface area contributed by atoms with Crippen LogP contribution in [-0.2, 0) is 10.5 Å². The summed E-state index contributed by atoms with van der Waals surface area (Å²) in [4.78, 5) is 12.0. The Morgan fingerprint density at radius 3 is 2.61 bits per heavy atom. The van der Waals surface area contributed by atoms with E-state index in [0.29, 0.717) is 10.8 Å². The first-order valence-electron chi connectivity index (χ1n) is 7.40. The average Bonchev–Trinajstić information content (AvgIpc) is 2.92. The summed E-state index contributed by atoms with van der Waals surface area (Å²) in [6.45, 7) is 7.80. The number of thioether (sulfide) groups is 1. The van der Waals surface area contributed by atoms with Gasteiger partial charge in [-0.3, -0.25) is 4.79 Å². The molecule has 1 aromatic heterocycles. The monoisotopic (exact) mass is 352 g/mol. The molecule has 0 aliphatic rings. The number of hydrogen-bond acceptors (Lipinski definition) is 4. The van der Waals surface area contributed by atoms with E-state index in [1.54, 1.807) is 0 Å². The number of rotatable bonds is 5. The quantitative estimate of drug-likeness (QED) is 0.858. The molecule has 0 saturated heterocycles. The Bertz CT molecular complexity index is 662. The summed E-state index contributed by atoms with van der Waals surface area (Å²) in [6, 6.07) is 9.33. The van der Waals surface area contributed by atoms with E-state index < -0.39 is 0 Å². The number of aromatic nitrogens is 1. The summed E-state index contributed by atoms with van der Waals surface area (Å²) < 4.78 is 5.34. The molecule has 0 radical (unpaired) electrons. The standard InChI is InChI=1S/C17H21ClN2O2S/c1-11(16(21)19-17(2,3)4)23-10-14-9-15(20-22-14)12-5-7-13(18)8-6-12/h5-9,11H,10H2,1-4H3,(H,19,21). The van der Waals surface area contributed by atoms with E-state index in [1.165, 1.54) is 11.8 Å². The van der Waals surface area contributed by atoms with Crippen molar-refractivity contribution < 1.29 is 9.32 Å². The molecule has 23 heavy (non-hydrogen) atoms. The maximum absolute atomic E-state index is 12.0. The van der Waals surface area contributed by atoms with E-state index in [0.717, 1.165) is 17.0 Å². The minimum Gasteiger partial charge on any atom is -0.360 e. The number of hydrogen-bond donors (Lipinski definition) is 1. The molecule has 1 aromatic carbocycles. The SMILES string of the molecule is CC(SCc1cc(-c2ccc(Cl)cc2)no1)C(=O)NC(C)(C)C. The summed E-state index contributed by atoms with van der Waals surface area (Å²) in [6.07, 6.45) is 0. The second kappa shape index (κ2) is 7.41. The number of nitrogens with one attached hydrogen (secondary N) is 1. The van der Waals surface area contributed by atoms with Crippen molar-refractivity contribution in [2.24, 2.45) is 0 Å². The minimum atomic E-state index is -0.222. The third-order valence-electron chi connectivity index (χ3n) is 3.04. The molecular weight excluding hydrogens is 332 g/mol. The number of carbonyl (C=O) groups excluding carboxylic acids is 1. The van der Waals surface area contributed by atoms with E-state index in [1.807, 2.05) is 58.0 Å². The van der Waals surface area contributed by atoms with Crippen LogP contribution in [0.2, 0.25) is 5.02 Å². The Balaban J connectivity index is 1.92. The summed E-state index contributed by atoms with van der Waals surface area (Å²) in [5.41, 5.74) is 1.50. The van der Waals surface area contributed by atoms with Gasteiger partial charge in [0.1, 0.15) is 11.5 Å². The zero-order chi connectivity index (χ0) is 17.0. The molecular formula is C17H21ClN2O2S. The van der Waals surface area contributed by atoms with E-state index in [4.69, 9.17) is 16.1 Å². The summed E-state index contributed by atoms with van der Waals surface area (Å²) in [7, 11) is 0. The Kier molecular flexibility index (Phi) is 5.76. The van der Waals surface area contributed by atoms with Crippen LogP contribution >= 0.6 is 23.4 Å². The molecule has 0 bridgehead atoms. The van der Waals surface area contributed by atoms with Crippen LogP contribution in [0.3, 0.4) is 0 Å². The zero-order valence-corrected chi connectivity index (χ0v) is 15.3. The molecule has 2 rings (SSSR count). The van der Waals surface area contributed by atoms with Gasteiger partial charge in [-0.1, -0.05) is 28.9 Å². The fourth-order valence-corrected chi connectivity index (χ4v) is 2.78. The van der Waals surface area contributed by atoms with Gasteiger partial charge in [0.2, 0.25) is 5.91 Å². The van der Waals surface area contributed by atoms with Crippen molar-refractivity contribution in [2.75, 3.05) is 0 Å². The lowest BCUT2D eigenvalue weighted by Crippen LogP contribution is -2.44. The van der Waals surface area contributed by atoms with Gasteiger partial charge in [0.05, 0.1) is 11.0 Å². The maximum atomic E-state index is 12.0. The lowest BCUT2D eigenvalue weighted by molar-refractivity contribution is -0.121. The van der Waals surface area contributed by atoms with Crippen LogP contribution in [0.4, 0.5) is 0 Å². The minimum absolute atomic E-state index is 0.0277. The summed E-state index contributed by atoms with van der Waals surface area (Å²) in [5, 5.41) is 7.57. The lowest BCUT2D eigenvalue weighted by Gasteiger charge is -2.22. The molecule has 0 saturated carbocycles. The number of carbonyl (C=O) groups is 1. The third-order valence-corrected chi connectivity index (χ3v) is 4.46. The highest BCUT2D eigenvalue weighted by molar-refractivity contribution is 7.99. The smallest absolute Gasteiger partial charge is 0.233 e. The average molecular weight is 353 g/mol. The van der Waals surface area contributed by atoms with E-state index >= 15 is 0 Å². The molecule has 1 atom stereocenters. The topological polar surface area (TPSA) is 55.1 Å². The van der Waals surface area contributed by atoms with Crippen LogP contribution in [0.25, 0.3) is 11.3 Å². The molecule has 1 heterocycles. The fraction of sp³-hybridized carbons (Fsp3) is 0.412. The first-order valence-corrected chi connectivity index (χ1v) is 8.82. The fourth-order valence-electron chi connectivity index (χ4n) is 1.89. The van der Waals surface area contributed by atoms with E-state index in [9.17, 15) is 4.79 Å². The van der Waals surface area contributed by atoms with Crippen LogP contribution in [0, 0.1) is 0 Å². The zero-order valence-electron chi connectivity index (χ0n) is 13.7. The molecule has 0 aliphatic heterocycles. The van der Waals surface area contributed by atoms with E-state index in [-0.39, 0.29) is 16.7 Å². The van der Waals surface area contributed by atoms with Gasteiger partial charge in [0.25, 0.3) is 0 Å². The van der Waals surface area contributed by atoms with Gasteiger partial charge in [0, 0.05) is 22.2 Å². The normalized spacial score (nSPS) is 12.9. The molecule has 6 heteroatoms. The van der Waals surface area contributed by atoms with Crippen LogP contribution in [-0.4, -0.2) is 21.9 Å². The molecule has 124 valence electrons. The second-order valence-electron chi connectivity index (χ2n) is 6.38. The molecule has 0 spiro atoms. The lowest BCUT2D eigenvalue weighted by atomic mass is 10.1. The maximum Gasteiger partial charge on any atom is 0.233 e. The largest absolute Gasteiger partial charge is 0.360 e. The van der Waals surface area contributed by atoms with Crippen LogP contribution < -0.4 is 5.32 Å². The third kappa shape index (κ3) is 5.59. The van der Waals surface area contributed by atoms with Crippen molar-refractivity contribution in [2.45, 2.75) is 44.2 Å². The van der Waals surface area contributed by atoms with Crippen molar-refractivity contribution >= 4 is 29.3 Å². The van der Waals surface area contributed by atoms with Crippen molar-refractivity contribution in [1.82, 2.24) is 10.5 Å². The van der Waals surface area contributed by atoms with Gasteiger partial charge in [-0.2, -0.15) is 0 Å². The predicted octanol–water partition coefficient (Wildman–Crippen LogP) is 4.53. The first kappa shape index (κ1) is 17.9. The molecule has 4 nitrogen and oxygen atoms in total. The van der Waals surface area contributed by atoms with Crippen LogP contribution in [0.5, 0.6) is 0 Å². The Hall–Kier alpha value is -1.46. The number of benzene rings is 1. The van der Waals surface area contributed by atoms with Crippen LogP contribution in [0.15, 0.2) is 34.9 Å². The van der Waals surface area contributed by atoms with E-state index in [2.05, 4.69) is 10.5 Å². The van der Waals surface area contributed by atoms with Gasteiger partial charge in [-0.15, -0.1) is 11.8 Å². The van der Waals surface area contributed by atoms with Gasteiger partial charge < -0.3 is 9.84 Å². The molecule has 1 N–H and O–H groups in total. The molecule has 1 amide bonds. The van der Waals surface area contributed by atoms with Crippen molar-refractivity contribution in [3.63, 3.8) is 0 Å². The molecule has 0 aliphatic carbocycles. The molecule has 0 fully saturated rings. The predicted molar refractivity (Wildman–Crippen MR) is 95.6 cm³/mol. The number of amides is 1. The van der Waals surface area contributed by atoms with Crippen molar-refractivity contribution in [3.8, 4) is 11.3 Å². The highest BCUT2D eigenvalue weighted by Crippen LogP contribution is 2.24. The highest BCUT2D eigenvalue weighted by atomic mass is 35.5. The molecule has 2 aromatic rings. The Morgan fingerprint density at radius 1 is 1.35 bits per heavy atom. The van der Waals surface area contributed by atoms with Gasteiger partial charge in [-0.05, 0) is 39.8 Å². The van der Waals surface area contributed by atoms with Crippen molar-refractivity contribution in [3.05, 3.63) is 41.1 Å². The number of halogens is 1. The Labute approximate surface area is 146 Å². The number of nitrogens with zero attached hydrogens (tertiary/aromatic N) is 1. The molecule has 1 unspecified atom stereocenters. The first-order chi connectivity index (χ1) is 10.7.